The molecule has 1 spiro atoms. The maximum absolute atomic E-state index is 12.4. The van der Waals surface area contributed by atoms with E-state index in [4.69, 9.17) is 4.74 Å². The molecule has 2 fully saturated rings. The molecule has 2 aliphatic rings. The van der Waals surface area contributed by atoms with Gasteiger partial charge in [0.05, 0.1) is 17.8 Å². The van der Waals surface area contributed by atoms with Gasteiger partial charge < -0.3 is 19.9 Å². The van der Waals surface area contributed by atoms with Crippen LogP contribution in [0.15, 0.2) is 16.9 Å². The van der Waals surface area contributed by atoms with Crippen molar-refractivity contribution in [1.82, 2.24) is 15.3 Å². The van der Waals surface area contributed by atoms with Crippen molar-refractivity contribution in [1.29, 1.82) is 5.26 Å². The molecular formula is C20H23N5O3. The molecule has 146 valence electrons. The maximum atomic E-state index is 12.4. The molecule has 1 saturated heterocycles. The summed E-state index contributed by atoms with van der Waals surface area (Å²) in [6, 6.07) is 5.29. The van der Waals surface area contributed by atoms with Gasteiger partial charge in [0.1, 0.15) is 22.8 Å². The van der Waals surface area contributed by atoms with Gasteiger partial charge in [-0.25, -0.2) is 4.98 Å². The van der Waals surface area contributed by atoms with Crippen LogP contribution in [-0.2, 0) is 4.74 Å². The van der Waals surface area contributed by atoms with Crippen LogP contribution in [0.4, 0.5) is 5.69 Å². The lowest BCUT2D eigenvalue weighted by molar-refractivity contribution is 0.0932. The normalized spacial score (nSPS) is 17.5. The van der Waals surface area contributed by atoms with E-state index in [1.54, 1.807) is 19.2 Å². The average Bonchev–Trinajstić information content (AvgIpc) is 3.46. The third-order valence-electron chi connectivity index (χ3n) is 5.87. The summed E-state index contributed by atoms with van der Waals surface area (Å²) in [5.74, 6) is -0.315. The third-order valence-corrected chi connectivity index (χ3v) is 5.87. The Hall–Kier alpha value is -2.92. The van der Waals surface area contributed by atoms with E-state index in [1.807, 2.05) is 6.07 Å². The molecule has 0 atom stereocenters. The minimum atomic E-state index is -0.421. The number of aromatic nitrogens is 2. The second-order valence-electron chi connectivity index (χ2n) is 7.62. The molecule has 28 heavy (non-hydrogen) atoms. The van der Waals surface area contributed by atoms with Crippen LogP contribution in [0.3, 0.4) is 0 Å². The van der Waals surface area contributed by atoms with Crippen LogP contribution in [0.5, 0.6) is 0 Å². The number of nitrogens with one attached hydrogen (secondary N) is 2. The number of hydrogen-bond acceptors (Lipinski definition) is 6. The molecule has 8 nitrogen and oxygen atoms in total. The second kappa shape index (κ2) is 7.24. The Labute approximate surface area is 162 Å². The van der Waals surface area contributed by atoms with Crippen molar-refractivity contribution in [2.45, 2.75) is 25.7 Å². The van der Waals surface area contributed by atoms with E-state index >= 15 is 0 Å². The van der Waals surface area contributed by atoms with Gasteiger partial charge in [0.25, 0.3) is 11.5 Å². The maximum Gasteiger partial charge on any atom is 0.269 e. The average molecular weight is 381 g/mol. The van der Waals surface area contributed by atoms with Crippen LogP contribution in [0.1, 0.15) is 41.7 Å². The number of nitriles is 1. The van der Waals surface area contributed by atoms with Gasteiger partial charge in [-0.15, -0.1) is 0 Å². The zero-order valence-corrected chi connectivity index (χ0v) is 15.9. The van der Waals surface area contributed by atoms with Gasteiger partial charge in [-0.1, -0.05) is 0 Å². The number of piperidine rings is 1. The van der Waals surface area contributed by atoms with E-state index in [0.29, 0.717) is 35.3 Å². The van der Waals surface area contributed by atoms with Gasteiger partial charge in [0.15, 0.2) is 0 Å². The van der Waals surface area contributed by atoms with Gasteiger partial charge in [-0.3, -0.25) is 9.59 Å². The Balaban J connectivity index is 1.74. The number of fused-ring (bicyclic) bond motifs is 1. The molecule has 0 aromatic carbocycles. The summed E-state index contributed by atoms with van der Waals surface area (Å²) in [5.41, 5.74) is 1.92. The molecule has 4 rings (SSSR count). The van der Waals surface area contributed by atoms with E-state index < -0.39 is 5.56 Å². The first kappa shape index (κ1) is 18.4. The first-order chi connectivity index (χ1) is 13.6. The number of methoxy groups -OCH3 is 1. The summed E-state index contributed by atoms with van der Waals surface area (Å²) in [7, 11) is 1.57. The molecule has 0 radical (unpaired) electrons. The quantitative estimate of drug-likeness (QED) is 0.760. The number of anilines is 1. The Morgan fingerprint density at radius 2 is 2.11 bits per heavy atom. The summed E-state index contributed by atoms with van der Waals surface area (Å²) in [4.78, 5) is 34.1. The fourth-order valence-electron chi connectivity index (χ4n) is 3.93. The molecule has 0 bridgehead atoms. The van der Waals surface area contributed by atoms with Crippen LogP contribution in [0.25, 0.3) is 11.0 Å². The van der Waals surface area contributed by atoms with E-state index in [2.05, 4.69) is 20.2 Å². The first-order valence-corrected chi connectivity index (χ1v) is 9.56. The molecule has 1 aliphatic carbocycles. The number of ether oxygens (including phenoxy) is 1. The van der Waals surface area contributed by atoms with Gasteiger partial charge >= 0.3 is 0 Å². The number of carbonyl (C=O) groups is 1. The molecule has 2 N–H and O–H groups in total. The van der Waals surface area contributed by atoms with Crippen LogP contribution in [0.2, 0.25) is 0 Å². The Bertz CT molecular complexity index is 1010. The molecule has 1 amide bonds. The predicted molar refractivity (Wildman–Crippen MR) is 104 cm³/mol. The van der Waals surface area contributed by atoms with Gasteiger partial charge in [-0.05, 0) is 43.2 Å². The number of amides is 1. The Morgan fingerprint density at radius 3 is 2.75 bits per heavy atom. The van der Waals surface area contributed by atoms with Gasteiger partial charge in [-0.2, -0.15) is 5.26 Å². The van der Waals surface area contributed by atoms with Crippen molar-refractivity contribution < 1.29 is 9.53 Å². The summed E-state index contributed by atoms with van der Waals surface area (Å²) >= 11 is 0. The van der Waals surface area contributed by atoms with Crippen molar-refractivity contribution in [3.8, 4) is 6.07 Å². The number of nitrogens with zero attached hydrogens (tertiary/aromatic N) is 3. The highest BCUT2D eigenvalue weighted by Gasteiger charge is 2.45. The zero-order valence-electron chi connectivity index (χ0n) is 15.9. The topological polar surface area (TPSA) is 111 Å². The van der Waals surface area contributed by atoms with E-state index in [9.17, 15) is 14.9 Å². The van der Waals surface area contributed by atoms with Crippen molar-refractivity contribution in [2.75, 3.05) is 38.3 Å². The molecule has 3 heterocycles. The highest BCUT2D eigenvalue weighted by molar-refractivity contribution is 5.97. The van der Waals surface area contributed by atoms with Crippen molar-refractivity contribution >= 4 is 22.6 Å². The standard InChI is InChI=1S/C20H23N5O3/c1-28-11-8-22-19(27)15-3-2-14-16(23-15)17(13(12-21)18(26)24-14)25-9-6-20(4-5-20)7-10-25/h2-3H,4-11H2,1H3,(H,22,27)(H,24,26). The van der Waals surface area contributed by atoms with Gasteiger partial charge in [0.2, 0.25) is 0 Å². The number of pyridine rings is 2. The number of carbonyl (C=O) groups excluding carboxylic acids is 1. The summed E-state index contributed by atoms with van der Waals surface area (Å²) in [6.07, 6.45) is 4.66. The molecule has 8 heteroatoms. The summed E-state index contributed by atoms with van der Waals surface area (Å²) in [5, 5.41) is 12.4. The smallest absolute Gasteiger partial charge is 0.269 e. The Kier molecular flexibility index (Phi) is 4.77. The molecule has 1 saturated carbocycles. The fraction of sp³-hybridized carbons (Fsp3) is 0.500. The molecule has 1 aliphatic heterocycles. The lowest BCUT2D eigenvalue weighted by atomic mass is 9.93. The lowest BCUT2D eigenvalue weighted by Crippen LogP contribution is -2.36. The third kappa shape index (κ3) is 3.34. The monoisotopic (exact) mass is 381 g/mol. The molecule has 2 aromatic heterocycles. The minimum absolute atomic E-state index is 0.0590. The lowest BCUT2D eigenvalue weighted by Gasteiger charge is -2.34. The summed E-state index contributed by atoms with van der Waals surface area (Å²) in [6.45, 7) is 2.37. The van der Waals surface area contributed by atoms with Gasteiger partial charge in [0, 0.05) is 26.7 Å². The molecule has 0 unspecified atom stereocenters. The highest BCUT2D eigenvalue weighted by atomic mass is 16.5. The van der Waals surface area contributed by atoms with E-state index in [0.717, 1.165) is 25.9 Å². The van der Waals surface area contributed by atoms with Crippen LogP contribution < -0.4 is 15.8 Å². The van der Waals surface area contributed by atoms with Crippen molar-refractivity contribution in [3.63, 3.8) is 0 Å². The number of hydrogen-bond donors (Lipinski definition) is 2. The van der Waals surface area contributed by atoms with E-state index in [-0.39, 0.29) is 17.2 Å². The fourth-order valence-corrected chi connectivity index (χ4v) is 3.93. The molecular weight excluding hydrogens is 358 g/mol. The number of aromatic amines is 1. The molecule has 2 aromatic rings. The first-order valence-electron chi connectivity index (χ1n) is 9.56. The van der Waals surface area contributed by atoms with Crippen LogP contribution >= 0.6 is 0 Å². The second-order valence-corrected chi connectivity index (χ2v) is 7.62. The minimum Gasteiger partial charge on any atom is -0.383 e. The summed E-state index contributed by atoms with van der Waals surface area (Å²) < 4.78 is 4.94. The largest absolute Gasteiger partial charge is 0.383 e. The van der Waals surface area contributed by atoms with E-state index in [1.165, 1.54) is 12.8 Å². The number of rotatable bonds is 5. The van der Waals surface area contributed by atoms with Crippen LogP contribution in [-0.4, -0.2) is 49.2 Å². The van der Waals surface area contributed by atoms with Crippen molar-refractivity contribution in [2.24, 2.45) is 5.41 Å². The van der Waals surface area contributed by atoms with Crippen molar-refractivity contribution in [3.05, 3.63) is 33.7 Å². The predicted octanol–water partition coefficient (Wildman–Crippen LogP) is 1.55. The number of H-pyrrole nitrogens is 1. The highest BCUT2D eigenvalue weighted by Crippen LogP contribution is 2.54. The zero-order chi connectivity index (χ0) is 19.7. The van der Waals surface area contributed by atoms with Crippen LogP contribution in [0, 0.1) is 16.7 Å². The Morgan fingerprint density at radius 1 is 1.36 bits per heavy atom. The SMILES string of the molecule is COCCNC(=O)c1ccc2[nH]c(=O)c(C#N)c(N3CCC4(CC3)CC4)c2n1.